The Morgan fingerprint density at radius 1 is 1.37 bits per heavy atom. The number of aromatic nitrogens is 4. The fraction of sp³-hybridized carbons (Fsp3) is 0.481. The third-order valence-electron chi connectivity index (χ3n) is 6.33. The van der Waals surface area contributed by atoms with Crippen molar-refractivity contribution in [3.63, 3.8) is 0 Å². The van der Waals surface area contributed by atoms with Gasteiger partial charge in [0.1, 0.15) is 30.0 Å². The SMILES string of the molecule is C[C@@H](Cn1ccc(-c2cc(F)c(C#N)c(Cl)c2)n1)NC(=O)Cc1cn(COCC[Si](C)(C)C)c(C2CC2)n1. The molecule has 1 amide bonds. The standard InChI is InChI=1S/C27H34ClFN6O2Si/c1-18(15-35-8-7-25(33-35)20-11-23(28)22(14-30)24(29)12-20)31-26(36)13-21-16-34(27(32-21)19-5-6-19)17-37-9-10-38(2,3)4/h7-8,11-12,16,18-19H,5-6,9-10,13,15,17H2,1-4H3,(H,31,36)/t18-/m0/s1. The molecular formula is C27H34ClFN6O2Si. The van der Waals surface area contributed by atoms with Gasteiger partial charge in [0, 0.05) is 44.6 Å². The van der Waals surface area contributed by atoms with Crippen LogP contribution in [-0.2, 0) is 29.2 Å². The van der Waals surface area contributed by atoms with E-state index in [1.807, 2.05) is 13.1 Å². The summed E-state index contributed by atoms with van der Waals surface area (Å²) in [6.07, 6.45) is 6.14. The Hall–Kier alpha value is -3.00. The number of hydrogen-bond acceptors (Lipinski definition) is 5. The first-order valence-electron chi connectivity index (χ1n) is 12.9. The molecule has 0 spiro atoms. The second-order valence-electron chi connectivity index (χ2n) is 11.2. The number of carbonyl (C=O) groups excluding carboxylic acids is 1. The lowest BCUT2D eigenvalue weighted by molar-refractivity contribution is -0.121. The Kier molecular flexibility index (Phi) is 8.70. The molecule has 1 aliphatic rings. The molecular weight excluding hydrogens is 523 g/mol. The molecule has 0 unspecified atom stereocenters. The molecule has 11 heteroatoms. The van der Waals surface area contributed by atoms with E-state index in [4.69, 9.17) is 26.6 Å². The highest BCUT2D eigenvalue weighted by Gasteiger charge is 2.29. The van der Waals surface area contributed by atoms with Crippen LogP contribution in [0.1, 0.15) is 42.8 Å². The molecule has 1 aliphatic carbocycles. The lowest BCUT2D eigenvalue weighted by Gasteiger charge is -2.16. The molecule has 0 aliphatic heterocycles. The summed E-state index contributed by atoms with van der Waals surface area (Å²) in [6.45, 7) is 10.5. The van der Waals surface area contributed by atoms with E-state index in [0.29, 0.717) is 30.5 Å². The number of halogens is 2. The molecule has 4 rings (SSSR count). The van der Waals surface area contributed by atoms with E-state index in [9.17, 15) is 9.18 Å². The highest BCUT2D eigenvalue weighted by molar-refractivity contribution is 6.76. The summed E-state index contributed by atoms with van der Waals surface area (Å²) >= 11 is 6.02. The Morgan fingerprint density at radius 3 is 2.79 bits per heavy atom. The Balaban J connectivity index is 1.31. The quantitative estimate of drug-likeness (QED) is 0.239. The zero-order valence-electron chi connectivity index (χ0n) is 22.3. The number of ether oxygens (including phenoxy) is 1. The van der Waals surface area contributed by atoms with E-state index in [0.717, 1.165) is 37.0 Å². The molecule has 0 bridgehead atoms. The van der Waals surface area contributed by atoms with E-state index in [-0.39, 0.29) is 29.0 Å². The fourth-order valence-electron chi connectivity index (χ4n) is 4.15. The van der Waals surface area contributed by atoms with Crippen molar-refractivity contribution in [2.24, 2.45) is 0 Å². The molecule has 202 valence electrons. The Morgan fingerprint density at radius 2 is 2.13 bits per heavy atom. The molecule has 0 radical (unpaired) electrons. The van der Waals surface area contributed by atoms with Crippen molar-refractivity contribution < 1.29 is 13.9 Å². The number of hydrogen-bond donors (Lipinski definition) is 1. The van der Waals surface area contributed by atoms with Crippen LogP contribution in [0.2, 0.25) is 30.7 Å². The van der Waals surface area contributed by atoms with Gasteiger partial charge in [-0.25, -0.2) is 9.37 Å². The average molecular weight is 557 g/mol. The third-order valence-corrected chi connectivity index (χ3v) is 8.33. The summed E-state index contributed by atoms with van der Waals surface area (Å²) in [7, 11) is -1.14. The summed E-state index contributed by atoms with van der Waals surface area (Å²) in [6, 6.07) is 7.19. The number of nitrogens with one attached hydrogen (secondary N) is 1. The Bertz CT molecular complexity index is 1320. The van der Waals surface area contributed by atoms with Gasteiger partial charge in [0.25, 0.3) is 0 Å². The summed E-state index contributed by atoms with van der Waals surface area (Å²) in [5.74, 6) is 0.671. The molecule has 1 fully saturated rings. The van der Waals surface area contributed by atoms with E-state index in [1.165, 1.54) is 12.1 Å². The second kappa shape index (κ2) is 11.8. The molecule has 3 aromatic rings. The number of carbonyl (C=O) groups is 1. The number of rotatable bonds is 12. The average Bonchev–Trinajstić information content (AvgIpc) is 3.43. The van der Waals surface area contributed by atoms with Crippen LogP contribution in [0.3, 0.4) is 0 Å². The first kappa shape index (κ1) is 28.0. The van der Waals surface area contributed by atoms with Crippen LogP contribution in [0.25, 0.3) is 11.3 Å². The van der Waals surface area contributed by atoms with Crippen molar-refractivity contribution in [3.8, 4) is 17.3 Å². The van der Waals surface area contributed by atoms with E-state index >= 15 is 0 Å². The van der Waals surface area contributed by atoms with Crippen molar-refractivity contribution in [2.45, 2.75) is 77.1 Å². The number of nitriles is 1. The summed E-state index contributed by atoms with van der Waals surface area (Å²) in [5, 5.41) is 16.5. The predicted octanol–water partition coefficient (Wildman–Crippen LogP) is 5.35. The van der Waals surface area contributed by atoms with Gasteiger partial charge >= 0.3 is 0 Å². The van der Waals surface area contributed by atoms with Gasteiger partial charge in [0.15, 0.2) is 0 Å². The zero-order chi connectivity index (χ0) is 27.4. The van der Waals surface area contributed by atoms with Crippen LogP contribution < -0.4 is 5.32 Å². The van der Waals surface area contributed by atoms with Gasteiger partial charge in [-0.3, -0.25) is 9.48 Å². The first-order valence-corrected chi connectivity index (χ1v) is 17.0. The van der Waals surface area contributed by atoms with Crippen LogP contribution in [0.4, 0.5) is 4.39 Å². The van der Waals surface area contributed by atoms with Crippen molar-refractivity contribution >= 4 is 25.6 Å². The highest BCUT2D eigenvalue weighted by atomic mass is 35.5. The molecule has 2 heterocycles. The summed E-state index contributed by atoms with van der Waals surface area (Å²) in [5.41, 5.74) is 1.56. The summed E-state index contributed by atoms with van der Waals surface area (Å²) < 4.78 is 23.8. The van der Waals surface area contributed by atoms with Gasteiger partial charge in [-0.2, -0.15) is 10.4 Å². The van der Waals surface area contributed by atoms with Crippen molar-refractivity contribution in [2.75, 3.05) is 6.61 Å². The monoisotopic (exact) mass is 556 g/mol. The fourth-order valence-corrected chi connectivity index (χ4v) is 5.15. The molecule has 38 heavy (non-hydrogen) atoms. The minimum Gasteiger partial charge on any atom is -0.361 e. The zero-order valence-corrected chi connectivity index (χ0v) is 24.1. The van der Waals surface area contributed by atoms with Crippen LogP contribution in [0.15, 0.2) is 30.6 Å². The van der Waals surface area contributed by atoms with E-state index in [2.05, 4.69) is 34.6 Å². The van der Waals surface area contributed by atoms with Crippen LogP contribution >= 0.6 is 11.6 Å². The Labute approximate surface area is 228 Å². The van der Waals surface area contributed by atoms with Crippen LogP contribution in [0.5, 0.6) is 0 Å². The number of nitrogens with zero attached hydrogens (tertiary/aromatic N) is 5. The number of amides is 1. The predicted molar refractivity (Wildman–Crippen MR) is 147 cm³/mol. The maximum atomic E-state index is 14.1. The van der Waals surface area contributed by atoms with Gasteiger partial charge in [-0.05, 0) is 44.0 Å². The van der Waals surface area contributed by atoms with Gasteiger partial charge in [-0.1, -0.05) is 31.2 Å². The molecule has 1 saturated carbocycles. The molecule has 1 atom stereocenters. The highest BCUT2D eigenvalue weighted by Crippen LogP contribution is 2.39. The molecule has 2 aromatic heterocycles. The summed E-state index contributed by atoms with van der Waals surface area (Å²) in [4.78, 5) is 17.5. The van der Waals surface area contributed by atoms with Gasteiger partial charge in [0.2, 0.25) is 5.91 Å². The minimum atomic E-state index is -1.14. The van der Waals surface area contributed by atoms with Crippen LogP contribution in [0, 0.1) is 17.1 Å². The maximum absolute atomic E-state index is 14.1. The van der Waals surface area contributed by atoms with Crippen molar-refractivity contribution in [1.29, 1.82) is 5.26 Å². The van der Waals surface area contributed by atoms with Crippen molar-refractivity contribution in [3.05, 3.63) is 58.5 Å². The van der Waals surface area contributed by atoms with Gasteiger partial charge in [0.05, 0.1) is 29.4 Å². The normalized spacial score (nSPS) is 14.3. The minimum absolute atomic E-state index is 0.0445. The smallest absolute Gasteiger partial charge is 0.226 e. The topological polar surface area (TPSA) is 97.8 Å². The molecule has 8 nitrogen and oxygen atoms in total. The third kappa shape index (κ3) is 7.53. The maximum Gasteiger partial charge on any atom is 0.226 e. The molecule has 1 N–H and O–H groups in total. The lowest BCUT2D eigenvalue weighted by Crippen LogP contribution is -2.36. The van der Waals surface area contributed by atoms with Crippen molar-refractivity contribution in [1.82, 2.24) is 24.6 Å². The lowest BCUT2D eigenvalue weighted by atomic mass is 10.1. The molecule has 1 aromatic carbocycles. The number of benzene rings is 1. The van der Waals surface area contributed by atoms with Crippen LogP contribution in [-0.4, -0.2) is 46.0 Å². The molecule has 0 saturated heterocycles. The van der Waals surface area contributed by atoms with Gasteiger partial charge < -0.3 is 14.6 Å². The second-order valence-corrected chi connectivity index (χ2v) is 17.2. The van der Waals surface area contributed by atoms with E-state index in [1.54, 1.807) is 23.0 Å². The van der Waals surface area contributed by atoms with Gasteiger partial charge in [-0.15, -0.1) is 0 Å². The van der Waals surface area contributed by atoms with E-state index < -0.39 is 13.9 Å². The largest absolute Gasteiger partial charge is 0.361 e. The first-order chi connectivity index (χ1) is 18.0. The number of imidazole rings is 1.